The Morgan fingerprint density at radius 1 is 1.36 bits per heavy atom. The number of hydrogen-bond acceptors (Lipinski definition) is 5. The number of ketones is 1. The highest BCUT2D eigenvalue weighted by Gasteiger charge is 2.21. The number of rotatable bonds is 6. The lowest BCUT2D eigenvalue weighted by molar-refractivity contribution is 0.0920. The van der Waals surface area contributed by atoms with Gasteiger partial charge in [-0.1, -0.05) is 36.6 Å². The second kappa shape index (κ2) is 9.30. The van der Waals surface area contributed by atoms with E-state index in [4.69, 9.17) is 16.3 Å². The van der Waals surface area contributed by atoms with E-state index in [-0.39, 0.29) is 17.8 Å². The summed E-state index contributed by atoms with van der Waals surface area (Å²) in [7, 11) is 1.57. The summed E-state index contributed by atoms with van der Waals surface area (Å²) < 4.78 is 5.08. The van der Waals surface area contributed by atoms with Gasteiger partial charge in [0.25, 0.3) is 0 Å². The number of pyridine rings is 2. The van der Waals surface area contributed by atoms with Crippen LogP contribution < -0.4 is 4.74 Å². The molecule has 3 rings (SSSR count). The van der Waals surface area contributed by atoms with Crippen LogP contribution in [0, 0.1) is 12.8 Å². The maximum Gasteiger partial charge on any atom is 0.212 e. The molecule has 1 unspecified atom stereocenters. The summed E-state index contributed by atoms with van der Waals surface area (Å²) >= 11 is 6.43. The zero-order valence-electron chi connectivity index (χ0n) is 16.2. The zero-order chi connectivity index (χ0) is 20.1. The van der Waals surface area contributed by atoms with Gasteiger partial charge in [0.15, 0.2) is 0 Å². The molecule has 0 bridgehead atoms. The summed E-state index contributed by atoms with van der Waals surface area (Å²) in [6.45, 7) is 1.80. The molecule has 28 heavy (non-hydrogen) atoms. The lowest BCUT2D eigenvalue weighted by Gasteiger charge is -2.24. The van der Waals surface area contributed by atoms with Crippen molar-refractivity contribution in [2.24, 2.45) is 5.92 Å². The fraction of sp³-hybridized carbons (Fsp3) is 0.409. The van der Waals surface area contributed by atoms with Gasteiger partial charge in [-0.2, -0.15) is 0 Å². The standard InChI is InChI=1S/C22H25ClN2O3/c1-14-22(23)17(11-15-7-10-21(28-2)24-13-15)12-18(25-14)20(27)9-8-16-5-3-4-6-19(16)26/h7-10,12-13,16,19,26H,3-6,11H2,1-2H3/b9-8+/t16?,19-/m0/s1. The van der Waals surface area contributed by atoms with Crippen LogP contribution in [-0.4, -0.2) is 34.1 Å². The molecule has 6 heteroatoms. The number of halogens is 1. The molecule has 0 amide bonds. The van der Waals surface area contributed by atoms with Crippen molar-refractivity contribution < 1.29 is 14.6 Å². The van der Waals surface area contributed by atoms with Gasteiger partial charge < -0.3 is 9.84 Å². The highest BCUT2D eigenvalue weighted by atomic mass is 35.5. The first kappa shape index (κ1) is 20.5. The minimum Gasteiger partial charge on any atom is -0.481 e. The Morgan fingerprint density at radius 2 is 2.14 bits per heavy atom. The predicted molar refractivity (Wildman–Crippen MR) is 109 cm³/mol. The molecular weight excluding hydrogens is 376 g/mol. The van der Waals surface area contributed by atoms with Crippen LogP contribution in [0.3, 0.4) is 0 Å². The van der Waals surface area contributed by atoms with Crippen LogP contribution in [0.2, 0.25) is 5.02 Å². The molecule has 0 spiro atoms. The Bertz CT molecular complexity index is 865. The first-order valence-corrected chi connectivity index (χ1v) is 9.91. The summed E-state index contributed by atoms with van der Waals surface area (Å²) in [4.78, 5) is 21.2. The Labute approximate surface area is 170 Å². The maximum atomic E-state index is 12.6. The van der Waals surface area contributed by atoms with Crippen molar-refractivity contribution >= 4 is 17.4 Å². The average molecular weight is 401 g/mol. The van der Waals surface area contributed by atoms with E-state index < -0.39 is 0 Å². The van der Waals surface area contributed by atoms with Crippen molar-refractivity contribution in [2.45, 2.75) is 45.1 Å². The van der Waals surface area contributed by atoms with Gasteiger partial charge in [0.2, 0.25) is 11.7 Å². The molecule has 1 fully saturated rings. The van der Waals surface area contributed by atoms with Gasteiger partial charge in [0.05, 0.1) is 23.9 Å². The average Bonchev–Trinajstić information content (AvgIpc) is 2.71. The smallest absolute Gasteiger partial charge is 0.212 e. The molecule has 1 N–H and O–H groups in total. The van der Waals surface area contributed by atoms with Crippen molar-refractivity contribution in [3.8, 4) is 5.88 Å². The van der Waals surface area contributed by atoms with Crippen LogP contribution >= 0.6 is 11.6 Å². The first-order valence-electron chi connectivity index (χ1n) is 9.53. The minimum absolute atomic E-state index is 0.0379. The summed E-state index contributed by atoms with van der Waals surface area (Å²) in [6, 6.07) is 5.45. The Hall–Kier alpha value is -2.24. The molecule has 2 atom stereocenters. The number of aromatic nitrogens is 2. The van der Waals surface area contributed by atoms with Crippen LogP contribution in [0.1, 0.15) is 53.0 Å². The Balaban J connectivity index is 1.78. The van der Waals surface area contributed by atoms with E-state index in [0.29, 0.717) is 28.7 Å². The maximum absolute atomic E-state index is 12.6. The summed E-state index contributed by atoms with van der Waals surface area (Å²) in [5.74, 6) is 0.411. The van der Waals surface area contributed by atoms with E-state index in [0.717, 1.165) is 36.8 Å². The van der Waals surface area contributed by atoms with E-state index in [2.05, 4.69) is 9.97 Å². The quantitative estimate of drug-likeness (QED) is 0.577. The van der Waals surface area contributed by atoms with E-state index in [1.165, 1.54) is 6.08 Å². The fourth-order valence-corrected chi connectivity index (χ4v) is 3.66. The molecule has 2 aromatic rings. The van der Waals surface area contributed by atoms with Crippen molar-refractivity contribution in [1.29, 1.82) is 0 Å². The molecule has 0 saturated heterocycles. The predicted octanol–water partition coefficient (Wildman–Crippen LogP) is 4.33. The summed E-state index contributed by atoms with van der Waals surface area (Å²) in [6.07, 6.45) is 9.10. The third kappa shape index (κ3) is 4.97. The minimum atomic E-state index is -0.365. The number of aliphatic hydroxyl groups is 1. The topological polar surface area (TPSA) is 72.3 Å². The van der Waals surface area contributed by atoms with Crippen molar-refractivity contribution in [2.75, 3.05) is 7.11 Å². The number of ether oxygens (including phenoxy) is 1. The number of aryl methyl sites for hydroxylation is 1. The van der Waals surface area contributed by atoms with E-state index in [1.54, 1.807) is 32.4 Å². The molecular formula is C22H25ClN2O3. The molecule has 1 saturated carbocycles. The molecule has 5 nitrogen and oxygen atoms in total. The van der Waals surface area contributed by atoms with Crippen LogP contribution in [0.15, 0.2) is 36.5 Å². The Kier molecular flexibility index (Phi) is 6.81. The van der Waals surface area contributed by atoms with Gasteiger partial charge in [-0.15, -0.1) is 0 Å². The molecule has 1 aliphatic rings. The van der Waals surface area contributed by atoms with Gasteiger partial charge in [-0.3, -0.25) is 4.79 Å². The lowest BCUT2D eigenvalue weighted by atomic mass is 9.86. The zero-order valence-corrected chi connectivity index (χ0v) is 16.9. The van der Waals surface area contributed by atoms with E-state index >= 15 is 0 Å². The molecule has 148 valence electrons. The normalized spacial score (nSPS) is 19.7. The molecule has 0 radical (unpaired) electrons. The highest BCUT2D eigenvalue weighted by molar-refractivity contribution is 6.32. The van der Waals surface area contributed by atoms with Gasteiger partial charge in [-0.25, -0.2) is 9.97 Å². The van der Waals surface area contributed by atoms with E-state index in [1.807, 2.05) is 12.1 Å². The van der Waals surface area contributed by atoms with Crippen LogP contribution in [-0.2, 0) is 6.42 Å². The van der Waals surface area contributed by atoms with Crippen LogP contribution in [0.5, 0.6) is 5.88 Å². The lowest BCUT2D eigenvalue weighted by Crippen LogP contribution is -2.22. The monoisotopic (exact) mass is 400 g/mol. The second-order valence-corrected chi connectivity index (χ2v) is 7.57. The number of aliphatic hydroxyl groups excluding tert-OH is 1. The van der Waals surface area contributed by atoms with Crippen molar-refractivity contribution in [1.82, 2.24) is 9.97 Å². The largest absolute Gasteiger partial charge is 0.481 e. The van der Waals surface area contributed by atoms with Gasteiger partial charge in [0.1, 0.15) is 5.69 Å². The second-order valence-electron chi connectivity index (χ2n) is 7.19. The summed E-state index contributed by atoms with van der Waals surface area (Å²) in [5, 5.41) is 10.6. The molecule has 2 aromatic heterocycles. The van der Waals surface area contributed by atoms with E-state index in [9.17, 15) is 9.90 Å². The third-order valence-corrected chi connectivity index (χ3v) is 5.65. The Morgan fingerprint density at radius 3 is 2.82 bits per heavy atom. The molecule has 2 heterocycles. The molecule has 0 aliphatic heterocycles. The van der Waals surface area contributed by atoms with Crippen molar-refractivity contribution in [3.05, 3.63) is 64.1 Å². The fourth-order valence-electron chi connectivity index (χ4n) is 3.49. The number of carbonyl (C=O) groups is 1. The number of methoxy groups -OCH3 is 1. The summed E-state index contributed by atoms with van der Waals surface area (Å²) in [5.41, 5.74) is 2.78. The van der Waals surface area contributed by atoms with Crippen molar-refractivity contribution in [3.63, 3.8) is 0 Å². The number of hydrogen-bond donors (Lipinski definition) is 1. The highest BCUT2D eigenvalue weighted by Crippen LogP contribution is 2.26. The number of nitrogens with zero attached hydrogens (tertiary/aromatic N) is 2. The van der Waals surface area contributed by atoms with Gasteiger partial charge in [-0.05, 0) is 43.0 Å². The number of allylic oxidation sites excluding steroid dienone is 1. The third-order valence-electron chi connectivity index (χ3n) is 5.13. The van der Waals surface area contributed by atoms with Gasteiger partial charge >= 0.3 is 0 Å². The van der Waals surface area contributed by atoms with Gasteiger partial charge in [0, 0.05) is 24.6 Å². The van der Waals surface area contributed by atoms with Crippen LogP contribution in [0.25, 0.3) is 0 Å². The SMILES string of the molecule is COc1ccc(Cc2cc(C(=O)/C=C/C3CCCC[C@@H]3O)nc(C)c2Cl)cn1. The molecule has 1 aliphatic carbocycles. The first-order chi connectivity index (χ1) is 13.5. The molecule has 0 aromatic carbocycles. The number of carbonyl (C=O) groups excluding carboxylic acids is 1. The van der Waals surface area contributed by atoms with Crippen LogP contribution in [0.4, 0.5) is 0 Å².